The fraction of sp³-hybridized carbons (Fsp3) is 0.308. The summed E-state index contributed by atoms with van der Waals surface area (Å²) in [6.45, 7) is -0.772. The van der Waals surface area contributed by atoms with Gasteiger partial charge in [0.2, 0.25) is 24.2 Å². The van der Waals surface area contributed by atoms with Crippen molar-refractivity contribution < 1.29 is 23.5 Å². The van der Waals surface area contributed by atoms with Crippen molar-refractivity contribution in [1.29, 1.82) is 0 Å². The lowest BCUT2D eigenvalue weighted by Gasteiger charge is -2.14. The summed E-state index contributed by atoms with van der Waals surface area (Å²) in [6.07, 6.45) is 3.79. The van der Waals surface area contributed by atoms with E-state index in [-0.39, 0.29) is 23.9 Å². The van der Waals surface area contributed by atoms with Crippen molar-refractivity contribution in [2.24, 2.45) is 0 Å². The minimum atomic E-state index is -0.772. The van der Waals surface area contributed by atoms with Gasteiger partial charge >= 0.3 is 5.69 Å². The number of carbonyl (C=O) groups excluding carboxylic acids is 2. The van der Waals surface area contributed by atoms with E-state index in [4.69, 9.17) is 13.9 Å². The van der Waals surface area contributed by atoms with E-state index in [1.165, 1.54) is 4.57 Å². The molecule has 0 saturated heterocycles. The first-order chi connectivity index (χ1) is 18.0. The number of hydrogen-bond donors (Lipinski definition) is 2. The number of rotatable bonds is 6. The van der Waals surface area contributed by atoms with Gasteiger partial charge in [0.25, 0.3) is 5.56 Å². The van der Waals surface area contributed by atoms with Crippen LogP contribution in [0.3, 0.4) is 0 Å². The number of carbonyl (C=O) groups is 2. The first kappa shape index (κ1) is 22.9. The zero-order valence-electron chi connectivity index (χ0n) is 19.8. The molecule has 4 aromatic rings. The average molecular weight is 504 g/mol. The van der Waals surface area contributed by atoms with Gasteiger partial charge in [-0.15, -0.1) is 0 Å². The predicted octanol–water partition coefficient (Wildman–Crippen LogP) is 2.34. The van der Waals surface area contributed by atoms with Crippen molar-refractivity contribution in [3.8, 4) is 11.5 Å². The highest BCUT2D eigenvalue weighted by Gasteiger charge is 2.24. The number of furan rings is 1. The van der Waals surface area contributed by atoms with Gasteiger partial charge in [0.1, 0.15) is 24.2 Å². The third-order valence-corrected chi connectivity index (χ3v) is 6.72. The van der Waals surface area contributed by atoms with Crippen LogP contribution in [0.15, 0.2) is 56.5 Å². The summed E-state index contributed by atoms with van der Waals surface area (Å²) in [6, 6.07) is 11.9. The molecule has 3 heterocycles. The molecule has 0 radical (unpaired) electrons. The predicted molar refractivity (Wildman–Crippen MR) is 134 cm³/mol. The van der Waals surface area contributed by atoms with Crippen LogP contribution in [-0.4, -0.2) is 33.8 Å². The van der Waals surface area contributed by atoms with E-state index in [1.807, 2.05) is 0 Å². The number of hydrogen-bond acceptors (Lipinski definition) is 7. The summed E-state index contributed by atoms with van der Waals surface area (Å²) >= 11 is 0. The molecule has 1 fully saturated rings. The second-order valence-electron chi connectivity index (χ2n) is 9.20. The lowest BCUT2D eigenvalue weighted by Crippen LogP contribution is -2.46. The largest absolute Gasteiger partial charge is 0.454 e. The number of anilines is 1. The number of fused-ring (bicyclic) bond motifs is 4. The van der Waals surface area contributed by atoms with Gasteiger partial charge in [0, 0.05) is 23.2 Å². The van der Waals surface area contributed by atoms with Gasteiger partial charge in [-0.1, -0.05) is 25.0 Å². The van der Waals surface area contributed by atoms with Gasteiger partial charge < -0.3 is 24.5 Å². The van der Waals surface area contributed by atoms with E-state index in [9.17, 15) is 19.2 Å². The van der Waals surface area contributed by atoms with E-state index in [0.29, 0.717) is 28.2 Å². The van der Waals surface area contributed by atoms with Gasteiger partial charge in [-0.3, -0.25) is 19.0 Å². The molecule has 0 atom stereocenters. The number of amides is 2. The molecule has 2 N–H and O–H groups in total. The van der Waals surface area contributed by atoms with Crippen LogP contribution < -0.4 is 31.4 Å². The molecule has 0 spiro atoms. The van der Waals surface area contributed by atoms with Crippen LogP contribution in [0.5, 0.6) is 11.5 Å². The fourth-order valence-electron chi connectivity index (χ4n) is 4.99. The van der Waals surface area contributed by atoms with E-state index in [2.05, 4.69) is 10.6 Å². The number of nitrogens with one attached hydrogen (secondary N) is 2. The molecule has 1 aliphatic carbocycles. The molecular formula is C26H24N4O7. The summed E-state index contributed by atoms with van der Waals surface area (Å²) in [4.78, 5) is 52.6. The van der Waals surface area contributed by atoms with Crippen LogP contribution in [0.25, 0.3) is 22.1 Å². The van der Waals surface area contributed by atoms with Crippen molar-refractivity contribution in [3.05, 3.63) is 63.3 Å². The fourth-order valence-corrected chi connectivity index (χ4v) is 4.99. The monoisotopic (exact) mass is 504 g/mol. The summed E-state index contributed by atoms with van der Waals surface area (Å²) < 4.78 is 18.4. The van der Waals surface area contributed by atoms with Crippen LogP contribution in [0, 0.1) is 0 Å². The molecule has 2 aliphatic rings. The molecule has 2 aromatic carbocycles. The molecule has 6 rings (SSSR count). The average Bonchev–Trinajstić information content (AvgIpc) is 3.64. The Morgan fingerprint density at radius 2 is 1.68 bits per heavy atom. The van der Waals surface area contributed by atoms with Gasteiger partial charge in [0.05, 0.1) is 0 Å². The summed E-state index contributed by atoms with van der Waals surface area (Å²) in [5.74, 6) is 0.134. The second-order valence-corrected chi connectivity index (χ2v) is 9.20. The highest BCUT2D eigenvalue weighted by Crippen LogP contribution is 2.34. The maximum Gasteiger partial charge on any atom is 0.332 e. The van der Waals surface area contributed by atoms with Gasteiger partial charge in [0.15, 0.2) is 11.5 Å². The summed E-state index contributed by atoms with van der Waals surface area (Å²) in [7, 11) is 0. The molecule has 11 nitrogen and oxygen atoms in total. The standard InChI is InChI=1S/C26H24N4O7/c31-21(28-16-9-10-19-20(11-16)36-14-35-19)12-29-23-17-7-3-4-8-18(17)37-24(23)25(33)30(26(29)34)13-22(32)27-15-5-1-2-6-15/h3-4,7-11,15H,1-2,5-6,12-14H2,(H,27,32)(H,28,31). The molecule has 1 aliphatic heterocycles. The van der Waals surface area contributed by atoms with E-state index < -0.39 is 36.2 Å². The maximum atomic E-state index is 13.5. The molecule has 37 heavy (non-hydrogen) atoms. The van der Waals surface area contributed by atoms with Crippen LogP contribution in [0.1, 0.15) is 25.7 Å². The molecular weight excluding hydrogens is 480 g/mol. The third kappa shape index (κ3) is 4.22. The molecule has 0 bridgehead atoms. The first-order valence-electron chi connectivity index (χ1n) is 12.1. The third-order valence-electron chi connectivity index (χ3n) is 6.72. The number of para-hydroxylation sites is 1. The minimum absolute atomic E-state index is 0.0350. The first-order valence-corrected chi connectivity index (χ1v) is 12.1. The van der Waals surface area contributed by atoms with E-state index in [0.717, 1.165) is 30.3 Å². The molecule has 2 amide bonds. The summed E-state index contributed by atoms with van der Waals surface area (Å²) in [5, 5.41) is 6.15. The number of nitrogens with zero attached hydrogens (tertiary/aromatic N) is 2. The SMILES string of the molecule is O=C(Cn1c(=O)n(CC(=O)NC2CCCC2)c(=O)c2oc3ccccc3c21)Nc1ccc2c(c1)OCO2. The highest BCUT2D eigenvalue weighted by molar-refractivity contribution is 6.03. The molecule has 1 saturated carbocycles. The van der Waals surface area contributed by atoms with Crippen LogP contribution in [-0.2, 0) is 22.7 Å². The van der Waals surface area contributed by atoms with Crippen LogP contribution >= 0.6 is 0 Å². The van der Waals surface area contributed by atoms with E-state index in [1.54, 1.807) is 42.5 Å². The Labute approximate surface area is 209 Å². The minimum Gasteiger partial charge on any atom is -0.454 e. The normalized spacial score (nSPS) is 14.9. The Kier molecular flexibility index (Phi) is 5.67. The smallest absolute Gasteiger partial charge is 0.332 e. The van der Waals surface area contributed by atoms with Crippen molar-refractivity contribution in [2.75, 3.05) is 12.1 Å². The Morgan fingerprint density at radius 1 is 0.919 bits per heavy atom. The lowest BCUT2D eigenvalue weighted by atomic mass is 10.2. The zero-order chi connectivity index (χ0) is 25.5. The molecule has 0 unspecified atom stereocenters. The van der Waals surface area contributed by atoms with Crippen molar-refractivity contribution in [3.63, 3.8) is 0 Å². The quantitative estimate of drug-likeness (QED) is 0.412. The van der Waals surface area contributed by atoms with E-state index >= 15 is 0 Å². The molecule has 11 heteroatoms. The molecule has 2 aromatic heterocycles. The van der Waals surface area contributed by atoms with Gasteiger partial charge in [-0.2, -0.15) is 0 Å². The van der Waals surface area contributed by atoms with Crippen molar-refractivity contribution in [1.82, 2.24) is 14.5 Å². The number of aromatic nitrogens is 2. The molecule has 190 valence electrons. The van der Waals surface area contributed by atoms with Gasteiger partial charge in [-0.25, -0.2) is 9.36 Å². The number of benzene rings is 2. The Balaban J connectivity index is 1.37. The lowest BCUT2D eigenvalue weighted by molar-refractivity contribution is -0.122. The van der Waals surface area contributed by atoms with Crippen molar-refractivity contribution >= 4 is 39.6 Å². The maximum absolute atomic E-state index is 13.5. The summed E-state index contributed by atoms with van der Waals surface area (Å²) in [5.41, 5.74) is -0.521. The Bertz CT molecular complexity index is 1660. The van der Waals surface area contributed by atoms with Crippen LogP contribution in [0.4, 0.5) is 5.69 Å². The number of ether oxygens (including phenoxy) is 2. The zero-order valence-corrected chi connectivity index (χ0v) is 19.8. The Hall–Kier alpha value is -4.54. The second kappa shape index (κ2) is 9.16. The van der Waals surface area contributed by atoms with Gasteiger partial charge in [-0.05, 0) is 37.1 Å². The topological polar surface area (TPSA) is 134 Å². The van der Waals surface area contributed by atoms with Crippen molar-refractivity contribution in [2.45, 2.75) is 44.8 Å². The van der Waals surface area contributed by atoms with Crippen LogP contribution in [0.2, 0.25) is 0 Å². The highest BCUT2D eigenvalue weighted by atomic mass is 16.7. The Morgan fingerprint density at radius 3 is 2.51 bits per heavy atom.